The van der Waals surface area contributed by atoms with Crippen LogP contribution < -0.4 is 16.4 Å². The standard InChI is InChI=1S/C29H36N4O6/c1-20(2)25(30)27-33-24(19-37-27)26(34)32-23(28(35)38-17-21-11-5-3-6-12-21)15-9-10-16-31-29(36)39-18-22-13-7-4-8-14-22/h3-8,11-14,19-20,23,25H,9-10,15-18,30H2,1-2H3,(H,31,36)(H,32,34). The summed E-state index contributed by atoms with van der Waals surface area (Å²) in [5, 5.41) is 5.39. The number of hydrogen-bond acceptors (Lipinski definition) is 8. The van der Waals surface area contributed by atoms with Gasteiger partial charge < -0.3 is 30.3 Å². The number of hydrogen-bond donors (Lipinski definition) is 3. The summed E-state index contributed by atoms with van der Waals surface area (Å²) in [4.78, 5) is 41.9. The number of oxazole rings is 1. The zero-order valence-corrected chi connectivity index (χ0v) is 22.3. The Morgan fingerprint density at radius 3 is 2.15 bits per heavy atom. The van der Waals surface area contributed by atoms with Crippen LogP contribution in [-0.4, -0.2) is 35.5 Å². The summed E-state index contributed by atoms with van der Waals surface area (Å²) < 4.78 is 16.0. The number of rotatable bonds is 14. The van der Waals surface area contributed by atoms with E-state index in [1.165, 1.54) is 6.26 Å². The van der Waals surface area contributed by atoms with Crippen molar-refractivity contribution in [3.05, 3.63) is 89.6 Å². The van der Waals surface area contributed by atoms with Gasteiger partial charge in [-0.25, -0.2) is 14.6 Å². The number of carbonyl (C=O) groups is 3. The first-order valence-corrected chi connectivity index (χ1v) is 13.0. The molecule has 0 saturated heterocycles. The van der Waals surface area contributed by atoms with Gasteiger partial charge in [0.1, 0.15) is 25.5 Å². The van der Waals surface area contributed by atoms with E-state index in [1.54, 1.807) is 0 Å². The second kappa shape index (κ2) is 15.3. The van der Waals surface area contributed by atoms with Crippen LogP contribution in [0.2, 0.25) is 0 Å². The molecule has 3 rings (SSSR count). The lowest BCUT2D eigenvalue weighted by Crippen LogP contribution is -2.42. The zero-order valence-electron chi connectivity index (χ0n) is 22.3. The monoisotopic (exact) mass is 536 g/mol. The molecule has 2 amide bonds. The van der Waals surface area contributed by atoms with Crippen LogP contribution in [0.4, 0.5) is 4.79 Å². The van der Waals surface area contributed by atoms with E-state index in [1.807, 2.05) is 74.5 Å². The van der Waals surface area contributed by atoms with Crippen LogP contribution in [0.5, 0.6) is 0 Å². The Labute approximate surface area is 228 Å². The SMILES string of the molecule is CC(C)C(N)c1nc(C(=O)NC(CCCCNC(=O)OCc2ccccc2)C(=O)OCc2ccccc2)co1. The normalized spacial score (nSPS) is 12.4. The number of nitrogens with zero attached hydrogens (tertiary/aromatic N) is 1. The largest absolute Gasteiger partial charge is 0.459 e. The quantitative estimate of drug-likeness (QED) is 0.205. The molecule has 39 heavy (non-hydrogen) atoms. The topological polar surface area (TPSA) is 146 Å². The summed E-state index contributed by atoms with van der Waals surface area (Å²) in [6.07, 6.45) is 2.11. The Hall–Kier alpha value is -4.18. The van der Waals surface area contributed by atoms with E-state index in [0.29, 0.717) is 25.8 Å². The molecule has 2 aromatic carbocycles. The molecule has 0 bridgehead atoms. The Morgan fingerprint density at radius 2 is 1.54 bits per heavy atom. The minimum Gasteiger partial charge on any atom is -0.459 e. The van der Waals surface area contributed by atoms with Crippen molar-refractivity contribution in [2.45, 2.75) is 58.4 Å². The van der Waals surface area contributed by atoms with Crippen molar-refractivity contribution in [1.29, 1.82) is 0 Å². The molecule has 10 heteroatoms. The van der Waals surface area contributed by atoms with Crippen molar-refractivity contribution in [3.8, 4) is 0 Å². The maximum Gasteiger partial charge on any atom is 0.407 e. The number of amides is 2. The van der Waals surface area contributed by atoms with Gasteiger partial charge >= 0.3 is 12.1 Å². The van der Waals surface area contributed by atoms with Crippen LogP contribution in [0.3, 0.4) is 0 Å². The molecule has 10 nitrogen and oxygen atoms in total. The van der Waals surface area contributed by atoms with E-state index in [9.17, 15) is 14.4 Å². The molecule has 0 radical (unpaired) electrons. The summed E-state index contributed by atoms with van der Waals surface area (Å²) in [6, 6.07) is 17.3. The van der Waals surface area contributed by atoms with Crippen LogP contribution in [0, 0.1) is 5.92 Å². The second-order valence-electron chi connectivity index (χ2n) is 9.44. The number of nitrogens with one attached hydrogen (secondary N) is 2. The Kier molecular flexibility index (Phi) is 11.5. The van der Waals surface area contributed by atoms with E-state index in [4.69, 9.17) is 19.6 Å². The van der Waals surface area contributed by atoms with Crippen LogP contribution in [0.1, 0.15) is 66.7 Å². The van der Waals surface area contributed by atoms with Crippen LogP contribution in [-0.2, 0) is 27.5 Å². The molecule has 1 aromatic heterocycles. The average Bonchev–Trinajstić information content (AvgIpc) is 3.45. The molecule has 2 unspecified atom stereocenters. The number of nitrogens with two attached hydrogens (primary N) is 1. The Morgan fingerprint density at radius 1 is 0.923 bits per heavy atom. The summed E-state index contributed by atoms with van der Waals surface area (Å²) in [6.45, 7) is 4.46. The van der Waals surface area contributed by atoms with Gasteiger partial charge in [0.15, 0.2) is 5.69 Å². The van der Waals surface area contributed by atoms with Gasteiger partial charge in [-0.3, -0.25) is 4.79 Å². The van der Waals surface area contributed by atoms with Gasteiger partial charge in [0, 0.05) is 6.54 Å². The van der Waals surface area contributed by atoms with Gasteiger partial charge in [-0.2, -0.15) is 0 Å². The van der Waals surface area contributed by atoms with E-state index in [-0.39, 0.29) is 30.7 Å². The fourth-order valence-electron chi connectivity index (χ4n) is 3.58. The number of ether oxygens (including phenoxy) is 2. The predicted octanol–water partition coefficient (Wildman–Crippen LogP) is 4.27. The third-order valence-corrected chi connectivity index (χ3v) is 5.97. The lowest BCUT2D eigenvalue weighted by Gasteiger charge is -2.17. The van der Waals surface area contributed by atoms with E-state index < -0.39 is 30.1 Å². The number of esters is 1. The molecular weight excluding hydrogens is 500 g/mol. The zero-order chi connectivity index (χ0) is 28.0. The summed E-state index contributed by atoms with van der Waals surface area (Å²) in [7, 11) is 0. The summed E-state index contributed by atoms with van der Waals surface area (Å²) >= 11 is 0. The number of aromatic nitrogens is 1. The van der Waals surface area contributed by atoms with Crippen LogP contribution in [0.25, 0.3) is 0 Å². The van der Waals surface area contributed by atoms with Gasteiger partial charge in [-0.05, 0) is 36.3 Å². The molecule has 2 atom stereocenters. The smallest absolute Gasteiger partial charge is 0.407 e. The molecule has 0 saturated carbocycles. The maximum absolute atomic E-state index is 12.9. The van der Waals surface area contributed by atoms with Crippen molar-refractivity contribution in [1.82, 2.24) is 15.6 Å². The first-order valence-electron chi connectivity index (χ1n) is 13.0. The first kappa shape index (κ1) is 29.4. The molecule has 0 aliphatic carbocycles. The average molecular weight is 537 g/mol. The number of alkyl carbamates (subject to hydrolysis) is 1. The molecule has 0 aliphatic rings. The summed E-state index contributed by atoms with van der Waals surface area (Å²) in [5.41, 5.74) is 7.82. The number of benzene rings is 2. The predicted molar refractivity (Wildman–Crippen MR) is 144 cm³/mol. The van der Waals surface area contributed by atoms with Crippen molar-refractivity contribution < 1.29 is 28.3 Å². The third-order valence-electron chi connectivity index (χ3n) is 5.97. The first-order chi connectivity index (χ1) is 18.8. The van der Waals surface area contributed by atoms with Gasteiger partial charge in [-0.1, -0.05) is 74.5 Å². The molecule has 0 spiro atoms. The number of carbonyl (C=O) groups excluding carboxylic acids is 3. The van der Waals surface area contributed by atoms with Crippen molar-refractivity contribution in [3.63, 3.8) is 0 Å². The summed E-state index contributed by atoms with van der Waals surface area (Å²) in [5.74, 6) is -0.802. The maximum atomic E-state index is 12.9. The van der Waals surface area contributed by atoms with Crippen molar-refractivity contribution >= 4 is 18.0 Å². The molecule has 1 heterocycles. The van der Waals surface area contributed by atoms with E-state index in [2.05, 4.69) is 15.6 Å². The molecule has 4 N–H and O–H groups in total. The number of unbranched alkanes of at least 4 members (excludes halogenated alkanes) is 1. The molecule has 3 aromatic rings. The van der Waals surface area contributed by atoms with Gasteiger partial charge in [-0.15, -0.1) is 0 Å². The molecule has 0 fully saturated rings. The van der Waals surface area contributed by atoms with Crippen LogP contribution in [0.15, 0.2) is 71.3 Å². The van der Waals surface area contributed by atoms with Gasteiger partial charge in [0.25, 0.3) is 5.91 Å². The highest BCUT2D eigenvalue weighted by Gasteiger charge is 2.25. The highest BCUT2D eigenvalue weighted by atomic mass is 16.5. The van der Waals surface area contributed by atoms with E-state index >= 15 is 0 Å². The Balaban J connectivity index is 1.50. The van der Waals surface area contributed by atoms with Gasteiger partial charge in [0.2, 0.25) is 5.89 Å². The fraction of sp³-hybridized carbons (Fsp3) is 0.379. The molecule has 0 aliphatic heterocycles. The van der Waals surface area contributed by atoms with Gasteiger partial charge in [0.05, 0.1) is 6.04 Å². The highest BCUT2D eigenvalue weighted by Crippen LogP contribution is 2.18. The lowest BCUT2D eigenvalue weighted by atomic mass is 10.1. The van der Waals surface area contributed by atoms with Crippen molar-refractivity contribution in [2.24, 2.45) is 11.7 Å². The van der Waals surface area contributed by atoms with Crippen LogP contribution >= 0.6 is 0 Å². The minimum atomic E-state index is -0.912. The Bertz CT molecular complexity index is 1180. The minimum absolute atomic E-state index is 0.0322. The van der Waals surface area contributed by atoms with E-state index in [0.717, 1.165) is 11.1 Å². The molecular formula is C29H36N4O6. The third kappa shape index (κ3) is 9.90. The molecule has 208 valence electrons. The second-order valence-corrected chi connectivity index (χ2v) is 9.44. The highest BCUT2D eigenvalue weighted by molar-refractivity contribution is 5.94. The lowest BCUT2D eigenvalue weighted by molar-refractivity contribution is -0.147. The van der Waals surface area contributed by atoms with Crippen molar-refractivity contribution in [2.75, 3.05) is 6.54 Å². The fourth-order valence-corrected chi connectivity index (χ4v) is 3.58.